The number of ether oxygens (including phenoxy) is 1. The minimum absolute atomic E-state index is 0.132. The average molecular weight is 554 g/mol. The summed E-state index contributed by atoms with van der Waals surface area (Å²) in [7, 11) is 2.48. The molecule has 0 N–H and O–H groups in total. The van der Waals surface area contributed by atoms with E-state index < -0.39 is 8.07 Å². The maximum atomic E-state index is 13.6. The first kappa shape index (κ1) is 25.8. The second kappa shape index (κ2) is 9.80. The zero-order chi connectivity index (χ0) is 26.5. The van der Waals surface area contributed by atoms with Crippen molar-refractivity contribution < 1.29 is 4.74 Å². The van der Waals surface area contributed by atoms with Crippen LogP contribution in [0.15, 0.2) is 59.5 Å². The van der Waals surface area contributed by atoms with Gasteiger partial charge in [0.15, 0.2) is 0 Å². The number of aromatic nitrogens is 4. The molecule has 9 heteroatoms. The van der Waals surface area contributed by atoms with Gasteiger partial charge in [0.1, 0.15) is 12.4 Å². The lowest BCUT2D eigenvalue weighted by molar-refractivity contribution is 0.0922. The fourth-order valence-corrected chi connectivity index (χ4v) is 5.92. The number of fused-ring (bicyclic) bond motifs is 3. The SMILES string of the molecule is Cn1ccc(-c2ccc3c(c2)c2cc(-c4ccc(Cl)cc4Cl)c(=O)n(C)c2n3COCC[Si](C)(C)C)n1. The molecule has 192 valence electrons. The highest BCUT2D eigenvalue weighted by Gasteiger charge is 2.20. The zero-order valence-corrected chi connectivity index (χ0v) is 24.2. The lowest BCUT2D eigenvalue weighted by Gasteiger charge is -2.17. The summed E-state index contributed by atoms with van der Waals surface area (Å²) in [5, 5.41) is 7.52. The first-order chi connectivity index (χ1) is 17.5. The highest BCUT2D eigenvalue weighted by molar-refractivity contribution is 6.76. The molecule has 0 saturated heterocycles. The van der Waals surface area contributed by atoms with Gasteiger partial charge < -0.3 is 9.30 Å². The summed E-state index contributed by atoms with van der Waals surface area (Å²) < 4.78 is 11.7. The van der Waals surface area contributed by atoms with Gasteiger partial charge in [-0.3, -0.25) is 14.0 Å². The molecule has 0 bridgehead atoms. The average Bonchev–Trinajstić information content (AvgIpc) is 3.40. The zero-order valence-electron chi connectivity index (χ0n) is 21.7. The quantitative estimate of drug-likeness (QED) is 0.159. The molecule has 0 aliphatic carbocycles. The van der Waals surface area contributed by atoms with Crippen LogP contribution in [-0.2, 0) is 25.6 Å². The molecule has 0 amide bonds. The van der Waals surface area contributed by atoms with Crippen molar-refractivity contribution in [3.63, 3.8) is 0 Å². The van der Waals surface area contributed by atoms with Crippen molar-refractivity contribution in [3.8, 4) is 22.4 Å². The summed E-state index contributed by atoms with van der Waals surface area (Å²) >= 11 is 12.7. The van der Waals surface area contributed by atoms with Crippen LogP contribution in [0.3, 0.4) is 0 Å². The number of pyridine rings is 1. The van der Waals surface area contributed by atoms with Crippen molar-refractivity contribution in [2.75, 3.05) is 6.61 Å². The second-order valence-corrected chi connectivity index (χ2v) is 17.1. The van der Waals surface area contributed by atoms with Gasteiger partial charge in [-0.15, -0.1) is 0 Å². The van der Waals surface area contributed by atoms with E-state index in [4.69, 9.17) is 27.9 Å². The molecule has 6 nitrogen and oxygen atoms in total. The lowest BCUT2D eigenvalue weighted by atomic mass is 10.0. The van der Waals surface area contributed by atoms with E-state index in [9.17, 15) is 4.79 Å². The molecule has 0 aliphatic rings. The van der Waals surface area contributed by atoms with Crippen LogP contribution in [0, 0.1) is 0 Å². The highest BCUT2D eigenvalue weighted by atomic mass is 35.5. The Bertz CT molecular complexity index is 1690. The van der Waals surface area contributed by atoms with Gasteiger partial charge in [-0.2, -0.15) is 5.10 Å². The number of rotatable bonds is 7. The summed E-state index contributed by atoms with van der Waals surface area (Å²) in [5.41, 5.74) is 4.75. The molecule has 3 heterocycles. The molecule has 0 aliphatic heterocycles. The largest absolute Gasteiger partial charge is 0.361 e. The second-order valence-electron chi connectivity index (χ2n) is 10.7. The molecule has 3 aromatic heterocycles. The van der Waals surface area contributed by atoms with Crippen LogP contribution in [0.4, 0.5) is 0 Å². The minimum Gasteiger partial charge on any atom is -0.361 e. The summed E-state index contributed by atoms with van der Waals surface area (Å²) in [5.74, 6) is 0. The maximum Gasteiger partial charge on any atom is 0.259 e. The van der Waals surface area contributed by atoms with Crippen molar-refractivity contribution in [2.24, 2.45) is 14.1 Å². The molecule has 0 saturated carbocycles. The Morgan fingerprint density at radius 2 is 1.73 bits per heavy atom. The van der Waals surface area contributed by atoms with Crippen molar-refractivity contribution >= 4 is 53.2 Å². The Morgan fingerprint density at radius 3 is 2.41 bits per heavy atom. The molecule has 0 atom stereocenters. The van der Waals surface area contributed by atoms with Gasteiger partial charge in [0.2, 0.25) is 0 Å². The molecule has 0 spiro atoms. The number of hydrogen-bond donors (Lipinski definition) is 0. The van der Waals surface area contributed by atoms with E-state index in [0.717, 1.165) is 39.2 Å². The van der Waals surface area contributed by atoms with Gasteiger partial charge >= 0.3 is 0 Å². The van der Waals surface area contributed by atoms with Crippen LogP contribution in [-0.4, -0.2) is 33.6 Å². The predicted molar refractivity (Wildman–Crippen MR) is 156 cm³/mol. The van der Waals surface area contributed by atoms with Crippen molar-refractivity contribution in [1.29, 1.82) is 0 Å². The molecule has 2 aromatic carbocycles. The van der Waals surface area contributed by atoms with Crippen molar-refractivity contribution in [2.45, 2.75) is 32.4 Å². The van der Waals surface area contributed by atoms with Crippen LogP contribution in [0.1, 0.15) is 0 Å². The normalized spacial score (nSPS) is 12.2. The first-order valence-electron chi connectivity index (χ1n) is 12.2. The summed E-state index contributed by atoms with van der Waals surface area (Å²) in [4.78, 5) is 13.6. The smallest absolute Gasteiger partial charge is 0.259 e. The van der Waals surface area contributed by atoms with E-state index >= 15 is 0 Å². The molecular formula is C28H30Cl2N4O2Si. The fourth-order valence-electron chi connectivity index (χ4n) is 4.65. The first-order valence-corrected chi connectivity index (χ1v) is 16.7. The highest BCUT2D eigenvalue weighted by Crippen LogP contribution is 2.35. The molecule has 0 unspecified atom stereocenters. The maximum absolute atomic E-state index is 13.6. The van der Waals surface area contributed by atoms with Crippen LogP contribution in [0.5, 0.6) is 0 Å². The number of benzene rings is 2. The topological polar surface area (TPSA) is 54.0 Å². The Balaban J connectivity index is 1.73. The third-order valence-electron chi connectivity index (χ3n) is 6.66. The van der Waals surface area contributed by atoms with Crippen LogP contribution in [0.25, 0.3) is 44.3 Å². The van der Waals surface area contributed by atoms with E-state index in [1.807, 2.05) is 25.4 Å². The van der Waals surface area contributed by atoms with Crippen molar-refractivity contribution in [1.82, 2.24) is 18.9 Å². The Hall–Kier alpha value is -2.84. The van der Waals surface area contributed by atoms with Crippen LogP contribution in [0.2, 0.25) is 35.7 Å². The summed E-state index contributed by atoms with van der Waals surface area (Å²) in [6, 6.07) is 16.5. The van der Waals surface area contributed by atoms with E-state index in [-0.39, 0.29) is 5.56 Å². The van der Waals surface area contributed by atoms with E-state index in [1.165, 1.54) is 0 Å². The van der Waals surface area contributed by atoms with Gasteiger partial charge in [0, 0.05) is 67.5 Å². The minimum atomic E-state index is -1.22. The third kappa shape index (κ3) is 5.01. The molecular weight excluding hydrogens is 523 g/mol. The number of aryl methyl sites for hydroxylation is 2. The molecule has 5 rings (SSSR count). The van der Waals surface area contributed by atoms with E-state index in [1.54, 1.807) is 34.5 Å². The monoisotopic (exact) mass is 552 g/mol. The Labute approximate surface area is 227 Å². The van der Waals surface area contributed by atoms with Crippen LogP contribution < -0.4 is 5.56 Å². The van der Waals surface area contributed by atoms with Crippen LogP contribution >= 0.6 is 23.2 Å². The fraction of sp³-hybridized carbons (Fsp3) is 0.286. The van der Waals surface area contributed by atoms with Gasteiger partial charge in [-0.25, -0.2) is 0 Å². The van der Waals surface area contributed by atoms with E-state index in [0.29, 0.717) is 34.5 Å². The predicted octanol–water partition coefficient (Wildman–Crippen LogP) is 7.18. The summed E-state index contributed by atoms with van der Waals surface area (Å²) in [6.07, 6.45) is 1.93. The standard InChI is InChI=1S/C28H30Cl2N4O2Si/c1-32-11-10-25(31-32)18-6-9-26-21(14-18)22-16-23(20-8-7-19(29)15-24(20)30)28(35)33(2)27(22)34(26)17-36-12-13-37(3,4)5/h6-11,14-16H,12-13,17H2,1-5H3. The van der Waals surface area contributed by atoms with Crippen molar-refractivity contribution in [3.05, 3.63) is 75.1 Å². The van der Waals surface area contributed by atoms with Gasteiger partial charge in [0.05, 0.1) is 16.2 Å². The van der Waals surface area contributed by atoms with Gasteiger partial charge in [0.25, 0.3) is 5.56 Å². The molecule has 0 fully saturated rings. The number of nitrogens with zero attached hydrogens (tertiary/aromatic N) is 4. The number of hydrogen-bond acceptors (Lipinski definition) is 3. The van der Waals surface area contributed by atoms with E-state index in [2.05, 4.69) is 47.5 Å². The third-order valence-corrected chi connectivity index (χ3v) is 8.91. The van der Waals surface area contributed by atoms with Gasteiger partial charge in [-0.1, -0.05) is 55.0 Å². The molecule has 0 radical (unpaired) electrons. The van der Waals surface area contributed by atoms with Gasteiger partial charge in [-0.05, 0) is 42.4 Å². The Kier molecular flexibility index (Phi) is 6.83. The summed E-state index contributed by atoms with van der Waals surface area (Å²) in [6.45, 7) is 8.06. The number of halogens is 2. The molecule has 5 aromatic rings. The Morgan fingerprint density at radius 1 is 0.946 bits per heavy atom. The lowest BCUT2D eigenvalue weighted by Crippen LogP contribution is -2.23. The molecule has 37 heavy (non-hydrogen) atoms.